The molecule has 0 fully saturated rings. The van der Waals surface area contributed by atoms with E-state index in [-0.39, 0.29) is 12.5 Å². The first-order chi connectivity index (χ1) is 12.4. The lowest BCUT2D eigenvalue weighted by molar-refractivity contribution is -0.154. The molecule has 0 bridgehead atoms. The zero-order valence-corrected chi connectivity index (χ0v) is 15.7. The van der Waals surface area contributed by atoms with Crippen LogP contribution in [0.2, 0.25) is 0 Å². The summed E-state index contributed by atoms with van der Waals surface area (Å²) in [6.07, 6.45) is -0.293. The number of carbonyl (C=O) groups is 2. The lowest BCUT2D eigenvalue weighted by atomic mass is 10.1. The number of amides is 1. The van der Waals surface area contributed by atoms with Crippen molar-refractivity contribution in [1.82, 2.24) is 0 Å². The minimum atomic E-state index is -0.743. The molecule has 26 heavy (non-hydrogen) atoms. The van der Waals surface area contributed by atoms with Crippen molar-refractivity contribution in [3.8, 4) is 5.75 Å². The van der Waals surface area contributed by atoms with Crippen molar-refractivity contribution >= 4 is 17.6 Å². The molecule has 5 nitrogen and oxygen atoms in total. The van der Waals surface area contributed by atoms with Crippen LogP contribution in [0.25, 0.3) is 0 Å². The highest BCUT2D eigenvalue weighted by molar-refractivity contribution is 5.94. The lowest BCUT2D eigenvalue weighted by Gasteiger charge is -2.17. The van der Waals surface area contributed by atoms with Crippen molar-refractivity contribution in [3.05, 3.63) is 59.2 Å². The maximum Gasteiger partial charge on any atom is 0.347 e. The molecule has 0 saturated heterocycles. The van der Waals surface area contributed by atoms with E-state index in [0.29, 0.717) is 12.2 Å². The van der Waals surface area contributed by atoms with Gasteiger partial charge < -0.3 is 14.8 Å². The van der Waals surface area contributed by atoms with Gasteiger partial charge in [0.2, 0.25) is 0 Å². The topological polar surface area (TPSA) is 64.6 Å². The summed E-state index contributed by atoms with van der Waals surface area (Å²) in [6.45, 7) is 7.35. The minimum absolute atomic E-state index is 0.347. The van der Waals surface area contributed by atoms with Crippen molar-refractivity contribution in [3.63, 3.8) is 0 Å². The molecule has 0 spiro atoms. The molecule has 2 aromatic rings. The lowest BCUT2D eigenvalue weighted by Crippen LogP contribution is -2.31. The molecule has 0 unspecified atom stereocenters. The van der Waals surface area contributed by atoms with Gasteiger partial charge in [-0.2, -0.15) is 0 Å². The number of anilines is 1. The Morgan fingerprint density at radius 3 is 2.23 bits per heavy atom. The second-order valence-electron chi connectivity index (χ2n) is 6.26. The summed E-state index contributed by atoms with van der Waals surface area (Å²) in [5, 5.41) is 2.81. The summed E-state index contributed by atoms with van der Waals surface area (Å²) in [4.78, 5) is 24.3. The molecule has 0 saturated carbocycles. The van der Waals surface area contributed by atoms with Crippen LogP contribution in [-0.2, 0) is 14.3 Å². The fourth-order valence-corrected chi connectivity index (χ4v) is 2.74. The largest absolute Gasteiger partial charge is 0.479 e. The van der Waals surface area contributed by atoms with Crippen LogP contribution < -0.4 is 10.1 Å². The quantitative estimate of drug-likeness (QED) is 0.764. The van der Waals surface area contributed by atoms with E-state index in [0.717, 1.165) is 22.4 Å². The first-order valence-corrected chi connectivity index (χ1v) is 8.66. The molecule has 0 radical (unpaired) electrons. The van der Waals surface area contributed by atoms with Crippen molar-refractivity contribution in [2.45, 2.75) is 40.2 Å². The number of nitrogens with one attached hydrogen (secondary N) is 1. The number of carbonyl (C=O) groups excluding carboxylic acids is 2. The zero-order chi connectivity index (χ0) is 19.1. The number of para-hydroxylation sites is 1. The van der Waals surface area contributed by atoms with Crippen molar-refractivity contribution in [2.75, 3.05) is 11.9 Å². The number of hydrogen-bond donors (Lipinski definition) is 1. The molecule has 0 aliphatic carbocycles. The maximum atomic E-state index is 12.2. The van der Waals surface area contributed by atoms with Crippen LogP contribution >= 0.6 is 0 Å². The van der Waals surface area contributed by atoms with E-state index >= 15 is 0 Å². The van der Waals surface area contributed by atoms with Crippen LogP contribution in [0.15, 0.2) is 42.5 Å². The van der Waals surface area contributed by atoms with E-state index in [1.165, 1.54) is 0 Å². The minimum Gasteiger partial charge on any atom is -0.479 e. The average molecular weight is 355 g/mol. The number of esters is 1. The zero-order valence-electron chi connectivity index (χ0n) is 15.7. The van der Waals surface area contributed by atoms with Gasteiger partial charge in [0.15, 0.2) is 12.7 Å². The Labute approximate surface area is 154 Å². The molecule has 138 valence electrons. The van der Waals surface area contributed by atoms with Gasteiger partial charge in [-0.3, -0.25) is 4.79 Å². The highest BCUT2D eigenvalue weighted by Crippen LogP contribution is 2.21. The molecule has 1 atom stereocenters. The summed E-state index contributed by atoms with van der Waals surface area (Å²) >= 11 is 0. The number of benzene rings is 2. The first kappa shape index (κ1) is 19.5. The van der Waals surface area contributed by atoms with Crippen molar-refractivity contribution in [2.24, 2.45) is 0 Å². The summed E-state index contributed by atoms with van der Waals surface area (Å²) in [5.41, 5.74) is 3.83. The van der Waals surface area contributed by atoms with Crippen molar-refractivity contribution in [1.29, 1.82) is 0 Å². The van der Waals surface area contributed by atoms with Gasteiger partial charge in [0.05, 0.1) is 0 Å². The fourth-order valence-electron chi connectivity index (χ4n) is 2.74. The molecular formula is C21H25NO4. The molecule has 1 amide bonds. The molecule has 0 aliphatic rings. The van der Waals surface area contributed by atoms with Gasteiger partial charge in [0.1, 0.15) is 5.75 Å². The van der Waals surface area contributed by atoms with Crippen LogP contribution in [0.5, 0.6) is 5.75 Å². The second kappa shape index (κ2) is 9.04. The third-order valence-corrected chi connectivity index (χ3v) is 3.94. The Morgan fingerprint density at radius 1 is 1.04 bits per heavy atom. The predicted octanol–water partition coefficient (Wildman–Crippen LogP) is 3.95. The molecular weight excluding hydrogens is 330 g/mol. The van der Waals surface area contributed by atoms with Crippen LogP contribution in [0.4, 0.5) is 5.69 Å². The third-order valence-electron chi connectivity index (χ3n) is 3.94. The van der Waals surface area contributed by atoms with E-state index in [4.69, 9.17) is 9.47 Å². The van der Waals surface area contributed by atoms with Crippen LogP contribution in [0.1, 0.15) is 30.0 Å². The Hall–Kier alpha value is -2.82. The second-order valence-corrected chi connectivity index (χ2v) is 6.26. The number of hydrogen-bond acceptors (Lipinski definition) is 4. The van der Waals surface area contributed by atoms with E-state index in [1.54, 1.807) is 12.1 Å². The summed E-state index contributed by atoms with van der Waals surface area (Å²) < 4.78 is 10.7. The first-order valence-electron chi connectivity index (χ1n) is 8.66. The molecule has 5 heteroatoms. The van der Waals surface area contributed by atoms with Gasteiger partial charge in [0.25, 0.3) is 5.91 Å². The van der Waals surface area contributed by atoms with Crippen molar-refractivity contribution < 1.29 is 19.1 Å². The van der Waals surface area contributed by atoms with Gasteiger partial charge in [-0.05, 0) is 50.5 Å². The fraction of sp³-hybridized carbons (Fsp3) is 0.333. The van der Waals surface area contributed by atoms with E-state index in [9.17, 15) is 9.59 Å². The van der Waals surface area contributed by atoms with Crippen LogP contribution in [0.3, 0.4) is 0 Å². The van der Waals surface area contributed by atoms with Gasteiger partial charge in [-0.1, -0.05) is 42.8 Å². The smallest absolute Gasteiger partial charge is 0.347 e. The van der Waals surface area contributed by atoms with E-state index in [2.05, 4.69) is 5.32 Å². The Kier molecular flexibility index (Phi) is 6.78. The van der Waals surface area contributed by atoms with Gasteiger partial charge in [0, 0.05) is 5.69 Å². The average Bonchev–Trinajstić information content (AvgIpc) is 2.61. The molecule has 0 heterocycles. The normalized spacial score (nSPS) is 11.5. The molecule has 1 N–H and O–H groups in total. The summed E-state index contributed by atoms with van der Waals surface area (Å²) in [7, 11) is 0. The van der Waals surface area contributed by atoms with Gasteiger partial charge >= 0.3 is 5.97 Å². The monoisotopic (exact) mass is 355 g/mol. The Balaban J connectivity index is 1.90. The summed E-state index contributed by atoms with van der Waals surface area (Å²) in [5.74, 6) is -0.335. The van der Waals surface area contributed by atoms with E-state index < -0.39 is 12.1 Å². The number of aryl methyl sites for hydroxylation is 3. The third kappa shape index (κ3) is 5.34. The Bertz CT molecular complexity index is 748. The van der Waals surface area contributed by atoms with Crippen LogP contribution in [0, 0.1) is 20.8 Å². The van der Waals surface area contributed by atoms with Gasteiger partial charge in [-0.15, -0.1) is 0 Å². The van der Waals surface area contributed by atoms with E-state index in [1.807, 2.05) is 58.0 Å². The standard InChI is InChI=1S/C21H25NO4/c1-5-18(26-17-9-7-6-8-10-17)21(24)25-13-19(23)22-20-15(3)11-14(2)12-16(20)4/h6-12,18H,5,13H2,1-4H3,(H,22,23)/t18-/m1/s1. The Morgan fingerprint density at radius 2 is 1.65 bits per heavy atom. The van der Waals surface area contributed by atoms with Gasteiger partial charge in [-0.25, -0.2) is 4.79 Å². The maximum absolute atomic E-state index is 12.2. The number of ether oxygens (including phenoxy) is 2. The summed E-state index contributed by atoms with van der Waals surface area (Å²) in [6, 6.07) is 13.0. The molecule has 0 aliphatic heterocycles. The van der Waals surface area contributed by atoms with Crippen LogP contribution in [-0.4, -0.2) is 24.6 Å². The molecule has 2 rings (SSSR count). The predicted molar refractivity (Wildman–Crippen MR) is 101 cm³/mol. The number of rotatable bonds is 7. The highest BCUT2D eigenvalue weighted by atomic mass is 16.6. The highest BCUT2D eigenvalue weighted by Gasteiger charge is 2.21. The molecule has 2 aromatic carbocycles. The molecule has 0 aromatic heterocycles. The SMILES string of the molecule is CC[C@@H](Oc1ccccc1)C(=O)OCC(=O)Nc1c(C)cc(C)cc1C.